The number of hydrogen-bond donors (Lipinski definition) is 0. The molecule has 2 atom stereocenters. The van der Waals surface area contributed by atoms with Gasteiger partial charge in [0, 0.05) is 51.2 Å². The van der Waals surface area contributed by atoms with E-state index in [0.717, 1.165) is 26.2 Å². The van der Waals surface area contributed by atoms with Gasteiger partial charge in [0.15, 0.2) is 0 Å². The van der Waals surface area contributed by atoms with Crippen molar-refractivity contribution in [3.8, 4) is 0 Å². The molecule has 0 aliphatic carbocycles. The lowest BCUT2D eigenvalue weighted by Gasteiger charge is -2.44. The Bertz CT molecular complexity index is 287. The number of nitrogens with zero attached hydrogens (tertiary/aromatic N) is 3. The smallest absolute Gasteiger partial charge is 0.219 e. The zero-order chi connectivity index (χ0) is 11.8. The Kier molecular flexibility index (Phi) is 3.09. The van der Waals surface area contributed by atoms with Gasteiger partial charge in [-0.1, -0.05) is 0 Å². The summed E-state index contributed by atoms with van der Waals surface area (Å²) >= 11 is 0. The first-order valence-corrected chi connectivity index (χ1v) is 6.92. The molecule has 4 heteroatoms. The normalized spacial score (nSPS) is 38.4. The second-order valence-electron chi connectivity index (χ2n) is 5.64. The molecule has 17 heavy (non-hydrogen) atoms. The third-order valence-electron chi connectivity index (χ3n) is 4.68. The van der Waals surface area contributed by atoms with Crippen molar-refractivity contribution in [2.24, 2.45) is 0 Å². The summed E-state index contributed by atoms with van der Waals surface area (Å²) in [5.74, 6) is 0.282. The van der Waals surface area contributed by atoms with Crippen LogP contribution in [-0.2, 0) is 4.79 Å². The van der Waals surface area contributed by atoms with Crippen LogP contribution in [0.1, 0.15) is 32.6 Å². The van der Waals surface area contributed by atoms with Crippen molar-refractivity contribution in [1.82, 2.24) is 15.1 Å². The third-order valence-corrected chi connectivity index (χ3v) is 4.68. The molecule has 0 spiro atoms. The van der Waals surface area contributed by atoms with Crippen LogP contribution in [0.4, 0.5) is 0 Å². The van der Waals surface area contributed by atoms with Gasteiger partial charge in [0.1, 0.15) is 0 Å². The molecule has 0 N–H and O–H groups in total. The third kappa shape index (κ3) is 2.08. The minimum atomic E-state index is 0.282. The lowest BCUT2D eigenvalue weighted by atomic mass is 9.95. The molecule has 3 heterocycles. The first kappa shape index (κ1) is 11.5. The molecule has 95 valence electrons. The van der Waals surface area contributed by atoms with E-state index in [1.165, 1.54) is 25.7 Å². The lowest BCUT2D eigenvalue weighted by Crippen LogP contribution is -2.54. The van der Waals surface area contributed by atoms with Crippen LogP contribution in [0, 0.1) is 0 Å². The average Bonchev–Trinajstić information content (AvgIpc) is 2.62. The van der Waals surface area contributed by atoms with Crippen LogP contribution < -0.4 is 5.32 Å². The zero-order valence-electron chi connectivity index (χ0n) is 10.6. The number of carbonyl (C=O) groups is 1. The summed E-state index contributed by atoms with van der Waals surface area (Å²) in [5.41, 5.74) is 0. The molecule has 1 radical (unpaired) electrons. The molecule has 2 unspecified atom stereocenters. The Labute approximate surface area is 103 Å². The van der Waals surface area contributed by atoms with E-state index < -0.39 is 0 Å². The van der Waals surface area contributed by atoms with Crippen molar-refractivity contribution < 1.29 is 4.79 Å². The van der Waals surface area contributed by atoms with Crippen LogP contribution in [0.2, 0.25) is 0 Å². The maximum atomic E-state index is 11.6. The van der Waals surface area contributed by atoms with Gasteiger partial charge in [-0.15, -0.1) is 0 Å². The summed E-state index contributed by atoms with van der Waals surface area (Å²) in [4.78, 5) is 16.4. The van der Waals surface area contributed by atoms with E-state index in [1.54, 1.807) is 6.92 Å². The van der Waals surface area contributed by atoms with E-state index in [1.807, 2.05) is 0 Å². The Morgan fingerprint density at radius 1 is 1.06 bits per heavy atom. The van der Waals surface area contributed by atoms with Crippen molar-refractivity contribution in [2.75, 3.05) is 26.2 Å². The van der Waals surface area contributed by atoms with Crippen molar-refractivity contribution in [3.05, 3.63) is 0 Å². The summed E-state index contributed by atoms with van der Waals surface area (Å²) < 4.78 is 0. The molecule has 4 nitrogen and oxygen atoms in total. The molecular formula is C13H22N3O. The monoisotopic (exact) mass is 236 g/mol. The fourth-order valence-electron chi connectivity index (χ4n) is 3.95. The number of piperidine rings is 1. The van der Waals surface area contributed by atoms with Crippen molar-refractivity contribution in [1.29, 1.82) is 0 Å². The van der Waals surface area contributed by atoms with Gasteiger partial charge in [-0.3, -0.25) is 9.69 Å². The van der Waals surface area contributed by atoms with Gasteiger partial charge in [-0.2, -0.15) is 0 Å². The molecule has 2 bridgehead atoms. The fourth-order valence-corrected chi connectivity index (χ4v) is 3.95. The summed E-state index contributed by atoms with van der Waals surface area (Å²) in [5, 5.41) is 4.41. The lowest BCUT2D eigenvalue weighted by molar-refractivity contribution is -0.134. The predicted octanol–water partition coefficient (Wildman–Crippen LogP) is 0.448. The quantitative estimate of drug-likeness (QED) is 0.663. The maximum Gasteiger partial charge on any atom is 0.219 e. The van der Waals surface area contributed by atoms with Gasteiger partial charge in [0.25, 0.3) is 0 Å². The largest absolute Gasteiger partial charge is 0.337 e. The minimum Gasteiger partial charge on any atom is -0.337 e. The standard InChI is InChI=1S/C13H22N3O/c1-10(17)16-11-2-3-12(16)9-13(8-11)15-6-4-14-5-7-15/h11-13H,2-9H2,1H3. The Morgan fingerprint density at radius 2 is 1.65 bits per heavy atom. The first-order valence-electron chi connectivity index (χ1n) is 6.92. The minimum absolute atomic E-state index is 0.282. The number of piperazine rings is 1. The van der Waals surface area contributed by atoms with E-state index in [2.05, 4.69) is 15.1 Å². The Hall–Kier alpha value is -0.610. The molecule has 0 aromatic rings. The Morgan fingerprint density at radius 3 is 2.18 bits per heavy atom. The van der Waals surface area contributed by atoms with E-state index in [-0.39, 0.29) is 5.91 Å². The summed E-state index contributed by atoms with van der Waals surface area (Å²) in [6, 6.07) is 1.75. The highest BCUT2D eigenvalue weighted by Crippen LogP contribution is 2.37. The number of hydrogen-bond acceptors (Lipinski definition) is 2. The SMILES string of the molecule is CC(=O)N1C2CCC1CC(N1CC[N]CC1)C2. The van der Waals surface area contributed by atoms with Crippen LogP contribution in [0.25, 0.3) is 0 Å². The second-order valence-corrected chi connectivity index (χ2v) is 5.64. The molecular weight excluding hydrogens is 214 g/mol. The molecule has 3 fully saturated rings. The van der Waals surface area contributed by atoms with Gasteiger partial charge >= 0.3 is 0 Å². The van der Waals surface area contributed by atoms with Gasteiger partial charge in [0.2, 0.25) is 5.91 Å². The van der Waals surface area contributed by atoms with E-state index in [9.17, 15) is 4.79 Å². The maximum absolute atomic E-state index is 11.6. The van der Waals surface area contributed by atoms with Crippen molar-refractivity contribution in [2.45, 2.75) is 50.7 Å². The summed E-state index contributed by atoms with van der Waals surface area (Å²) in [6.45, 7) is 5.99. The van der Waals surface area contributed by atoms with Crippen LogP contribution in [0.5, 0.6) is 0 Å². The summed E-state index contributed by atoms with van der Waals surface area (Å²) in [6.07, 6.45) is 4.82. The van der Waals surface area contributed by atoms with E-state index in [0.29, 0.717) is 18.1 Å². The molecule has 3 rings (SSSR count). The van der Waals surface area contributed by atoms with Gasteiger partial charge in [-0.25, -0.2) is 5.32 Å². The van der Waals surface area contributed by atoms with Gasteiger partial charge in [0.05, 0.1) is 0 Å². The Balaban J connectivity index is 1.66. The number of carbonyl (C=O) groups excluding carboxylic acids is 1. The van der Waals surface area contributed by atoms with E-state index in [4.69, 9.17) is 0 Å². The molecule has 0 aromatic carbocycles. The molecule has 3 aliphatic heterocycles. The molecule has 3 saturated heterocycles. The summed E-state index contributed by atoms with van der Waals surface area (Å²) in [7, 11) is 0. The molecule has 0 saturated carbocycles. The fraction of sp³-hybridized carbons (Fsp3) is 0.923. The van der Waals surface area contributed by atoms with Crippen molar-refractivity contribution >= 4 is 5.91 Å². The topological polar surface area (TPSA) is 37.7 Å². The molecule has 3 aliphatic rings. The highest BCUT2D eigenvalue weighted by Gasteiger charge is 2.43. The predicted molar refractivity (Wildman–Crippen MR) is 65.8 cm³/mol. The van der Waals surface area contributed by atoms with Gasteiger partial charge < -0.3 is 4.90 Å². The molecule has 1 amide bonds. The number of rotatable bonds is 1. The number of amides is 1. The second kappa shape index (κ2) is 4.58. The van der Waals surface area contributed by atoms with Crippen LogP contribution in [0.3, 0.4) is 0 Å². The van der Waals surface area contributed by atoms with E-state index >= 15 is 0 Å². The average molecular weight is 236 g/mol. The number of fused-ring (bicyclic) bond motifs is 2. The van der Waals surface area contributed by atoms with Crippen molar-refractivity contribution in [3.63, 3.8) is 0 Å². The highest BCUT2D eigenvalue weighted by molar-refractivity contribution is 5.74. The van der Waals surface area contributed by atoms with Crippen LogP contribution in [-0.4, -0.2) is 60.0 Å². The zero-order valence-corrected chi connectivity index (χ0v) is 10.6. The highest BCUT2D eigenvalue weighted by atomic mass is 16.2. The van der Waals surface area contributed by atoms with Crippen LogP contribution >= 0.6 is 0 Å². The van der Waals surface area contributed by atoms with Gasteiger partial charge in [-0.05, 0) is 25.7 Å². The van der Waals surface area contributed by atoms with Crippen LogP contribution in [0.15, 0.2) is 0 Å². The molecule has 0 aromatic heterocycles. The first-order chi connectivity index (χ1) is 8.25.